The molecule has 1 fully saturated rings. The van der Waals surface area contributed by atoms with Crippen LogP contribution in [-0.4, -0.2) is 73.5 Å². The highest BCUT2D eigenvalue weighted by Gasteiger charge is 2.36. The average molecular weight is 452 g/mol. The summed E-state index contributed by atoms with van der Waals surface area (Å²) in [7, 11) is 3.19. The molecule has 33 heavy (non-hydrogen) atoms. The third-order valence-corrected chi connectivity index (χ3v) is 6.65. The maximum Gasteiger partial charge on any atom is 0.255 e. The molecule has 0 saturated carbocycles. The summed E-state index contributed by atoms with van der Waals surface area (Å²) in [6.07, 6.45) is 1.36. The molecule has 0 N–H and O–H groups in total. The number of benzene rings is 2. The van der Waals surface area contributed by atoms with Crippen LogP contribution < -0.4 is 9.47 Å². The first-order chi connectivity index (χ1) is 16.0. The fraction of sp³-hybridized carbons (Fsp3) is 0.462. The van der Waals surface area contributed by atoms with Gasteiger partial charge in [0.15, 0.2) is 11.5 Å². The normalized spacial score (nSPS) is 17.1. The van der Waals surface area contributed by atoms with Crippen LogP contribution in [0.5, 0.6) is 11.5 Å². The Morgan fingerprint density at radius 1 is 1.00 bits per heavy atom. The Balaban J connectivity index is 1.59. The molecule has 7 heteroatoms. The van der Waals surface area contributed by atoms with Crippen LogP contribution in [0.15, 0.2) is 42.5 Å². The fourth-order valence-electron chi connectivity index (χ4n) is 4.83. The maximum absolute atomic E-state index is 13.4. The van der Waals surface area contributed by atoms with Crippen LogP contribution in [0.25, 0.3) is 0 Å². The molecular formula is C26H33N3O4. The van der Waals surface area contributed by atoms with Crippen LogP contribution in [0.4, 0.5) is 0 Å². The Morgan fingerprint density at radius 2 is 1.73 bits per heavy atom. The van der Waals surface area contributed by atoms with Crippen molar-refractivity contribution >= 4 is 11.8 Å². The van der Waals surface area contributed by atoms with Gasteiger partial charge in [-0.2, -0.15) is 0 Å². The smallest absolute Gasteiger partial charge is 0.255 e. The molecule has 1 saturated heterocycles. The SMILES string of the molecule is CCCN1CCN(C(=O)C[C@H](c2ccc(OC)c(OC)c2)N2Cc3ccccc3C2=O)CC1. The molecule has 2 heterocycles. The number of carbonyl (C=O) groups is 2. The predicted molar refractivity (Wildman–Crippen MR) is 127 cm³/mol. The van der Waals surface area contributed by atoms with Gasteiger partial charge < -0.3 is 19.3 Å². The van der Waals surface area contributed by atoms with Gasteiger partial charge in [0.25, 0.3) is 5.91 Å². The number of rotatable bonds is 8. The standard InChI is InChI=1S/C26H33N3O4/c1-4-11-27-12-14-28(15-13-27)25(30)17-22(19-9-10-23(32-2)24(16-19)33-3)29-18-20-7-5-6-8-21(20)26(29)31/h5-10,16,22H,4,11-15,17-18H2,1-3H3/t22-/m1/s1. The third-order valence-electron chi connectivity index (χ3n) is 6.65. The second kappa shape index (κ2) is 10.3. The summed E-state index contributed by atoms with van der Waals surface area (Å²) in [6.45, 7) is 6.99. The summed E-state index contributed by atoms with van der Waals surface area (Å²) in [4.78, 5) is 32.8. The van der Waals surface area contributed by atoms with E-state index in [1.807, 2.05) is 52.3 Å². The van der Waals surface area contributed by atoms with Crippen molar-refractivity contribution in [2.75, 3.05) is 46.9 Å². The zero-order chi connectivity index (χ0) is 23.4. The minimum Gasteiger partial charge on any atom is -0.493 e. The van der Waals surface area contributed by atoms with E-state index in [2.05, 4.69) is 11.8 Å². The average Bonchev–Trinajstić information content (AvgIpc) is 3.19. The molecule has 0 radical (unpaired) electrons. The first-order valence-electron chi connectivity index (χ1n) is 11.7. The fourth-order valence-corrected chi connectivity index (χ4v) is 4.83. The van der Waals surface area contributed by atoms with Gasteiger partial charge in [-0.25, -0.2) is 0 Å². The Morgan fingerprint density at radius 3 is 2.39 bits per heavy atom. The van der Waals surface area contributed by atoms with Crippen LogP contribution in [0.2, 0.25) is 0 Å². The second-order valence-corrected chi connectivity index (χ2v) is 8.65. The number of hydrogen-bond acceptors (Lipinski definition) is 5. The molecule has 2 amide bonds. The first-order valence-corrected chi connectivity index (χ1v) is 11.7. The Hall–Kier alpha value is -3.06. The van der Waals surface area contributed by atoms with E-state index in [1.54, 1.807) is 14.2 Å². The number of amides is 2. The predicted octanol–water partition coefficient (Wildman–Crippen LogP) is 3.35. The molecule has 7 nitrogen and oxygen atoms in total. The Bertz CT molecular complexity index is 1000. The minimum absolute atomic E-state index is 0.0362. The lowest BCUT2D eigenvalue weighted by Gasteiger charge is -2.36. The number of nitrogens with zero attached hydrogens (tertiary/aromatic N) is 3. The maximum atomic E-state index is 13.4. The molecule has 0 spiro atoms. The molecule has 1 atom stereocenters. The van der Waals surface area contributed by atoms with Crippen LogP contribution in [0, 0.1) is 0 Å². The van der Waals surface area contributed by atoms with E-state index in [9.17, 15) is 9.59 Å². The molecule has 2 aliphatic rings. The summed E-state index contributed by atoms with van der Waals surface area (Å²) in [5, 5.41) is 0. The van der Waals surface area contributed by atoms with Gasteiger partial charge in [-0.1, -0.05) is 31.2 Å². The van der Waals surface area contributed by atoms with Crippen molar-refractivity contribution in [3.63, 3.8) is 0 Å². The molecule has 176 valence electrons. The van der Waals surface area contributed by atoms with Crippen LogP contribution >= 0.6 is 0 Å². The van der Waals surface area contributed by atoms with E-state index in [-0.39, 0.29) is 24.3 Å². The molecule has 2 aromatic rings. The van der Waals surface area contributed by atoms with Crippen molar-refractivity contribution in [3.05, 3.63) is 59.2 Å². The van der Waals surface area contributed by atoms with Crippen molar-refractivity contribution < 1.29 is 19.1 Å². The molecule has 2 aromatic carbocycles. The summed E-state index contributed by atoms with van der Waals surface area (Å²) in [5.41, 5.74) is 2.57. The summed E-state index contributed by atoms with van der Waals surface area (Å²) < 4.78 is 10.9. The van der Waals surface area contributed by atoms with Crippen molar-refractivity contribution in [1.29, 1.82) is 0 Å². The lowest BCUT2D eigenvalue weighted by molar-refractivity contribution is -0.134. The second-order valence-electron chi connectivity index (χ2n) is 8.65. The van der Waals surface area contributed by atoms with Crippen LogP contribution in [0.3, 0.4) is 0 Å². The van der Waals surface area contributed by atoms with Crippen LogP contribution in [0.1, 0.15) is 47.3 Å². The number of fused-ring (bicyclic) bond motifs is 1. The Kier molecular flexibility index (Phi) is 7.18. The van der Waals surface area contributed by atoms with E-state index in [4.69, 9.17) is 9.47 Å². The largest absolute Gasteiger partial charge is 0.493 e. The van der Waals surface area contributed by atoms with E-state index in [1.165, 1.54) is 0 Å². The molecule has 0 aromatic heterocycles. The zero-order valence-electron chi connectivity index (χ0n) is 19.8. The lowest BCUT2D eigenvalue weighted by atomic mass is 10.00. The lowest BCUT2D eigenvalue weighted by Crippen LogP contribution is -2.49. The summed E-state index contributed by atoms with van der Waals surface area (Å²) >= 11 is 0. The van der Waals surface area contributed by atoms with Crippen molar-refractivity contribution in [2.45, 2.75) is 32.4 Å². The topological polar surface area (TPSA) is 62.3 Å². The van der Waals surface area contributed by atoms with Crippen molar-refractivity contribution in [1.82, 2.24) is 14.7 Å². The number of piperazine rings is 1. The van der Waals surface area contributed by atoms with E-state index < -0.39 is 0 Å². The first kappa shape index (κ1) is 23.1. The summed E-state index contributed by atoms with van der Waals surface area (Å²) in [6, 6.07) is 12.9. The van der Waals surface area contributed by atoms with Gasteiger partial charge in [0.05, 0.1) is 26.7 Å². The van der Waals surface area contributed by atoms with E-state index >= 15 is 0 Å². The van der Waals surface area contributed by atoms with Gasteiger partial charge in [-0.3, -0.25) is 14.5 Å². The van der Waals surface area contributed by atoms with Crippen molar-refractivity contribution in [2.24, 2.45) is 0 Å². The van der Waals surface area contributed by atoms with Gasteiger partial charge >= 0.3 is 0 Å². The molecule has 0 bridgehead atoms. The Labute approximate surface area is 195 Å². The number of hydrogen-bond donors (Lipinski definition) is 0. The third kappa shape index (κ3) is 4.83. The highest BCUT2D eigenvalue weighted by molar-refractivity contribution is 5.98. The van der Waals surface area contributed by atoms with Gasteiger partial charge in [0, 0.05) is 38.3 Å². The molecular weight excluding hydrogens is 418 g/mol. The van der Waals surface area contributed by atoms with Gasteiger partial charge in [-0.05, 0) is 42.3 Å². The zero-order valence-corrected chi connectivity index (χ0v) is 19.8. The quantitative estimate of drug-likeness (QED) is 0.616. The molecule has 0 unspecified atom stereocenters. The van der Waals surface area contributed by atoms with Gasteiger partial charge in [0.1, 0.15) is 0 Å². The van der Waals surface area contributed by atoms with Gasteiger partial charge in [0.2, 0.25) is 5.91 Å². The monoisotopic (exact) mass is 451 g/mol. The van der Waals surface area contributed by atoms with E-state index in [0.717, 1.165) is 50.3 Å². The molecule has 2 aliphatic heterocycles. The minimum atomic E-state index is -0.383. The van der Waals surface area contributed by atoms with Crippen LogP contribution in [-0.2, 0) is 11.3 Å². The van der Waals surface area contributed by atoms with Gasteiger partial charge in [-0.15, -0.1) is 0 Å². The number of carbonyl (C=O) groups excluding carboxylic acids is 2. The number of ether oxygens (including phenoxy) is 2. The summed E-state index contributed by atoms with van der Waals surface area (Å²) in [5.74, 6) is 1.25. The highest BCUT2D eigenvalue weighted by atomic mass is 16.5. The van der Waals surface area contributed by atoms with E-state index in [0.29, 0.717) is 23.6 Å². The number of methoxy groups -OCH3 is 2. The molecule has 4 rings (SSSR count). The molecule has 0 aliphatic carbocycles. The van der Waals surface area contributed by atoms with Crippen molar-refractivity contribution in [3.8, 4) is 11.5 Å². The highest BCUT2D eigenvalue weighted by Crippen LogP contribution is 2.37.